The number of rotatable bonds is 2. The Morgan fingerprint density at radius 1 is 1.19 bits per heavy atom. The van der Waals surface area contributed by atoms with Gasteiger partial charge in [0.15, 0.2) is 0 Å². The molecule has 2 atom stereocenters. The summed E-state index contributed by atoms with van der Waals surface area (Å²) < 4.78 is 1.18. The predicted molar refractivity (Wildman–Crippen MR) is 94.1 cm³/mol. The molecule has 1 aliphatic carbocycles. The summed E-state index contributed by atoms with van der Waals surface area (Å²) in [6.07, 6.45) is 7.12. The van der Waals surface area contributed by atoms with Crippen molar-refractivity contribution >= 4 is 21.6 Å². The Kier molecular flexibility index (Phi) is 4.90. The topological polar surface area (TPSA) is 15.3 Å². The van der Waals surface area contributed by atoms with Crippen molar-refractivity contribution in [2.75, 3.05) is 18.0 Å². The van der Waals surface area contributed by atoms with Gasteiger partial charge in [0, 0.05) is 35.3 Å². The first-order chi connectivity index (χ1) is 10.1. The van der Waals surface area contributed by atoms with Crippen LogP contribution in [-0.4, -0.2) is 25.2 Å². The van der Waals surface area contributed by atoms with Gasteiger partial charge in [-0.05, 0) is 56.4 Å². The first kappa shape index (κ1) is 15.4. The second kappa shape index (κ2) is 6.70. The number of nitrogens with zero attached hydrogens (tertiary/aromatic N) is 1. The lowest BCUT2D eigenvalue weighted by Gasteiger charge is -2.44. The molecule has 1 saturated heterocycles. The minimum atomic E-state index is 0.574. The highest BCUT2D eigenvalue weighted by Gasteiger charge is 2.31. The summed E-state index contributed by atoms with van der Waals surface area (Å²) in [5.41, 5.74) is 2.79. The molecule has 3 rings (SSSR count). The standard InChI is InChI=1S/C18H27BrN2/c1-13-10-16(19)8-9-18(13)21-12-17(20-11-14(21)2)15-6-4-3-5-7-15/h8-10,14-15,17,20H,3-7,11-12H2,1-2H3. The Bertz CT molecular complexity index is 482. The van der Waals surface area contributed by atoms with E-state index in [9.17, 15) is 0 Å². The third kappa shape index (κ3) is 3.45. The number of anilines is 1. The fraction of sp³-hybridized carbons (Fsp3) is 0.667. The van der Waals surface area contributed by atoms with Crippen LogP contribution < -0.4 is 10.2 Å². The molecule has 1 N–H and O–H groups in total. The number of hydrogen-bond acceptors (Lipinski definition) is 2. The zero-order valence-corrected chi connectivity index (χ0v) is 14.8. The molecule has 0 radical (unpaired) electrons. The van der Waals surface area contributed by atoms with Crippen LogP contribution in [0.25, 0.3) is 0 Å². The second-order valence-corrected chi connectivity index (χ2v) is 7.76. The number of hydrogen-bond donors (Lipinski definition) is 1. The van der Waals surface area contributed by atoms with Gasteiger partial charge in [-0.1, -0.05) is 35.2 Å². The predicted octanol–water partition coefficient (Wildman–Crippen LogP) is 4.50. The largest absolute Gasteiger partial charge is 0.366 e. The van der Waals surface area contributed by atoms with E-state index in [1.807, 2.05) is 0 Å². The lowest BCUT2D eigenvalue weighted by atomic mass is 9.82. The van der Waals surface area contributed by atoms with E-state index in [2.05, 4.69) is 58.2 Å². The first-order valence-corrected chi connectivity index (χ1v) is 9.20. The van der Waals surface area contributed by atoms with Crippen LogP contribution in [0.5, 0.6) is 0 Å². The average molecular weight is 351 g/mol. The van der Waals surface area contributed by atoms with E-state index in [1.165, 1.54) is 47.8 Å². The number of piperazine rings is 1. The van der Waals surface area contributed by atoms with Gasteiger partial charge in [-0.3, -0.25) is 0 Å². The summed E-state index contributed by atoms with van der Waals surface area (Å²) in [4.78, 5) is 2.62. The fourth-order valence-corrected chi connectivity index (χ4v) is 4.49. The van der Waals surface area contributed by atoms with E-state index in [4.69, 9.17) is 0 Å². The van der Waals surface area contributed by atoms with Crippen molar-refractivity contribution in [2.45, 2.75) is 58.0 Å². The van der Waals surface area contributed by atoms with Crippen LogP contribution >= 0.6 is 15.9 Å². The van der Waals surface area contributed by atoms with E-state index >= 15 is 0 Å². The highest BCUT2D eigenvalue weighted by molar-refractivity contribution is 9.10. The van der Waals surface area contributed by atoms with Gasteiger partial charge in [0.05, 0.1) is 0 Å². The number of nitrogens with one attached hydrogen (secondary N) is 1. The van der Waals surface area contributed by atoms with Gasteiger partial charge in [0.1, 0.15) is 0 Å². The summed E-state index contributed by atoms with van der Waals surface area (Å²) in [6, 6.07) is 7.93. The van der Waals surface area contributed by atoms with Crippen molar-refractivity contribution in [1.29, 1.82) is 0 Å². The Balaban J connectivity index is 1.76. The molecule has 0 spiro atoms. The fourth-order valence-electron chi connectivity index (χ4n) is 4.02. The molecule has 0 amide bonds. The van der Waals surface area contributed by atoms with Crippen molar-refractivity contribution in [3.05, 3.63) is 28.2 Å². The van der Waals surface area contributed by atoms with Crippen LogP contribution in [0.3, 0.4) is 0 Å². The molecule has 2 nitrogen and oxygen atoms in total. The molecule has 1 saturated carbocycles. The molecule has 0 bridgehead atoms. The van der Waals surface area contributed by atoms with Gasteiger partial charge in [-0.15, -0.1) is 0 Å². The Hall–Kier alpha value is -0.540. The van der Waals surface area contributed by atoms with Crippen molar-refractivity contribution in [1.82, 2.24) is 5.32 Å². The van der Waals surface area contributed by atoms with Crippen molar-refractivity contribution in [2.24, 2.45) is 5.92 Å². The van der Waals surface area contributed by atoms with Crippen LogP contribution in [0.1, 0.15) is 44.6 Å². The molecule has 1 aromatic rings. The summed E-state index contributed by atoms with van der Waals surface area (Å²) in [7, 11) is 0. The molecule has 3 heteroatoms. The van der Waals surface area contributed by atoms with Crippen molar-refractivity contribution < 1.29 is 0 Å². The van der Waals surface area contributed by atoms with Gasteiger partial charge in [-0.2, -0.15) is 0 Å². The number of aryl methyl sites for hydroxylation is 1. The summed E-state index contributed by atoms with van der Waals surface area (Å²) in [5, 5.41) is 3.82. The average Bonchev–Trinajstić information content (AvgIpc) is 2.49. The van der Waals surface area contributed by atoms with Crippen molar-refractivity contribution in [3.63, 3.8) is 0 Å². The zero-order valence-electron chi connectivity index (χ0n) is 13.2. The normalized spacial score (nSPS) is 27.9. The zero-order chi connectivity index (χ0) is 14.8. The lowest BCUT2D eigenvalue weighted by molar-refractivity contribution is 0.245. The van der Waals surface area contributed by atoms with Crippen molar-refractivity contribution in [3.8, 4) is 0 Å². The maximum Gasteiger partial charge on any atom is 0.0400 e. The third-order valence-corrected chi connectivity index (χ3v) is 5.78. The van der Waals surface area contributed by atoms with Gasteiger partial charge >= 0.3 is 0 Å². The van der Waals surface area contributed by atoms with E-state index in [1.54, 1.807) is 0 Å². The minimum Gasteiger partial charge on any atom is -0.366 e. The molecule has 0 aromatic heterocycles. The summed E-state index contributed by atoms with van der Waals surface area (Å²) in [5.74, 6) is 0.879. The molecular formula is C18H27BrN2. The minimum absolute atomic E-state index is 0.574. The number of benzene rings is 1. The van der Waals surface area contributed by atoms with E-state index in [0.717, 1.165) is 19.0 Å². The Morgan fingerprint density at radius 2 is 1.95 bits per heavy atom. The maximum atomic E-state index is 3.82. The van der Waals surface area contributed by atoms with Gasteiger partial charge < -0.3 is 10.2 Å². The van der Waals surface area contributed by atoms with E-state index in [-0.39, 0.29) is 0 Å². The van der Waals surface area contributed by atoms with Gasteiger partial charge in [0.2, 0.25) is 0 Å². The Morgan fingerprint density at radius 3 is 2.67 bits per heavy atom. The van der Waals surface area contributed by atoms with Crippen LogP contribution in [0.15, 0.2) is 22.7 Å². The van der Waals surface area contributed by atoms with Crippen LogP contribution in [-0.2, 0) is 0 Å². The molecular weight excluding hydrogens is 324 g/mol. The lowest BCUT2D eigenvalue weighted by Crippen LogP contribution is -2.58. The molecule has 116 valence electrons. The van der Waals surface area contributed by atoms with Gasteiger partial charge in [-0.25, -0.2) is 0 Å². The SMILES string of the molecule is Cc1cc(Br)ccc1N1CC(C2CCCCC2)NCC1C. The van der Waals surface area contributed by atoms with Crippen LogP contribution in [0.4, 0.5) is 5.69 Å². The monoisotopic (exact) mass is 350 g/mol. The number of halogens is 1. The van der Waals surface area contributed by atoms with E-state index < -0.39 is 0 Å². The molecule has 2 unspecified atom stereocenters. The molecule has 1 aliphatic heterocycles. The molecule has 1 heterocycles. The first-order valence-electron chi connectivity index (χ1n) is 8.41. The van der Waals surface area contributed by atoms with E-state index in [0.29, 0.717) is 12.1 Å². The molecule has 21 heavy (non-hydrogen) atoms. The Labute approximate surface area is 137 Å². The second-order valence-electron chi connectivity index (χ2n) is 6.85. The smallest absolute Gasteiger partial charge is 0.0400 e. The third-order valence-electron chi connectivity index (χ3n) is 5.29. The maximum absolute atomic E-state index is 3.82. The van der Waals surface area contributed by atoms with Crippen LogP contribution in [0.2, 0.25) is 0 Å². The van der Waals surface area contributed by atoms with Gasteiger partial charge in [0.25, 0.3) is 0 Å². The summed E-state index contributed by atoms with van der Waals surface area (Å²) in [6.45, 7) is 6.83. The highest BCUT2D eigenvalue weighted by atomic mass is 79.9. The summed E-state index contributed by atoms with van der Waals surface area (Å²) >= 11 is 3.58. The quantitative estimate of drug-likeness (QED) is 0.844. The highest BCUT2D eigenvalue weighted by Crippen LogP contribution is 2.31. The molecule has 2 aliphatic rings. The molecule has 1 aromatic carbocycles. The molecule has 2 fully saturated rings. The van der Waals surface area contributed by atoms with Crippen LogP contribution in [0, 0.1) is 12.8 Å².